The molecule has 1 aliphatic carbocycles. The number of nitrogens with zero attached hydrogens (tertiary/aromatic N) is 3. The topological polar surface area (TPSA) is 42.2 Å². The normalized spacial score (nSPS) is 22.9. The van der Waals surface area contributed by atoms with E-state index in [9.17, 15) is 0 Å². The third-order valence-corrected chi connectivity index (χ3v) is 4.47. The van der Waals surface area contributed by atoms with Gasteiger partial charge in [0.05, 0.1) is 0 Å². The highest BCUT2D eigenvalue weighted by Gasteiger charge is 2.33. The fraction of sp³-hybridized carbons (Fsp3) is 0.500. The minimum Gasteiger partial charge on any atom is -0.359 e. The van der Waals surface area contributed by atoms with Gasteiger partial charge in [0.2, 0.25) is 5.89 Å². The molecule has 2 heterocycles. The van der Waals surface area contributed by atoms with E-state index in [0.717, 1.165) is 18.3 Å². The molecule has 2 atom stereocenters. The Balaban J connectivity index is 1.63. The van der Waals surface area contributed by atoms with Crippen LogP contribution in [-0.2, 0) is 0 Å². The number of anilines is 1. The van der Waals surface area contributed by atoms with Crippen LogP contribution in [0.1, 0.15) is 61.8 Å². The number of fused-ring (bicyclic) bond motifs is 1. The summed E-state index contributed by atoms with van der Waals surface area (Å²) >= 11 is 0. The lowest BCUT2D eigenvalue weighted by Crippen LogP contribution is -2.25. The molecule has 2 aliphatic rings. The van der Waals surface area contributed by atoms with Crippen molar-refractivity contribution in [1.29, 1.82) is 0 Å². The third-order valence-electron chi connectivity index (χ3n) is 4.47. The van der Waals surface area contributed by atoms with Gasteiger partial charge in [-0.25, -0.2) is 0 Å². The van der Waals surface area contributed by atoms with Crippen molar-refractivity contribution in [3.05, 3.63) is 41.5 Å². The molecule has 1 fully saturated rings. The Morgan fingerprint density at radius 3 is 2.90 bits per heavy atom. The quantitative estimate of drug-likeness (QED) is 0.853. The van der Waals surface area contributed by atoms with Crippen LogP contribution >= 0.6 is 0 Å². The highest BCUT2D eigenvalue weighted by Crippen LogP contribution is 2.42. The third kappa shape index (κ3) is 1.82. The van der Waals surface area contributed by atoms with Gasteiger partial charge in [-0.2, -0.15) is 4.98 Å². The van der Waals surface area contributed by atoms with Crippen molar-refractivity contribution in [2.24, 2.45) is 0 Å². The molecule has 0 spiro atoms. The molecule has 0 bridgehead atoms. The minimum atomic E-state index is 0.140. The molecule has 1 aromatic heterocycles. The lowest BCUT2D eigenvalue weighted by Gasteiger charge is -2.24. The van der Waals surface area contributed by atoms with Crippen LogP contribution in [0.4, 0.5) is 5.69 Å². The average molecular weight is 269 g/mol. The lowest BCUT2D eigenvalue weighted by molar-refractivity contribution is 0.351. The van der Waals surface area contributed by atoms with Gasteiger partial charge in [-0.1, -0.05) is 30.3 Å². The van der Waals surface area contributed by atoms with Gasteiger partial charge in [-0.05, 0) is 31.4 Å². The molecule has 0 saturated heterocycles. The summed E-state index contributed by atoms with van der Waals surface area (Å²) in [6.07, 6.45) is 2.41. The summed E-state index contributed by atoms with van der Waals surface area (Å²) in [7, 11) is 0. The van der Waals surface area contributed by atoms with Crippen molar-refractivity contribution in [3.63, 3.8) is 0 Å². The Hall–Kier alpha value is -1.84. The van der Waals surface area contributed by atoms with Gasteiger partial charge < -0.3 is 9.42 Å². The van der Waals surface area contributed by atoms with Crippen LogP contribution in [0.2, 0.25) is 0 Å². The Bertz CT molecular complexity index is 632. The van der Waals surface area contributed by atoms with Gasteiger partial charge in [-0.15, -0.1) is 0 Å². The van der Waals surface area contributed by atoms with E-state index in [4.69, 9.17) is 4.52 Å². The smallest absolute Gasteiger partial charge is 0.249 e. The van der Waals surface area contributed by atoms with E-state index in [1.807, 2.05) is 0 Å². The molecular weight excluding hydrogens is 250 g/mol. The predicted octanol–water partition coefficient (Wildman–Crippen LogP) is 3.63. The molecule has 104 valence electrons. The van der Waals surface area contributed by atoms with E-state index in [1.54, 1.807) is 0 Å². The molecule has 0 N–H and O–H groups in total. The number of benzene rings is 1. The second kappa shape index (κ2) is 4.33. The SMILES string of the molecule is CC1CN(C(C)c2nc(C3CC3)no2)c2ccccc21. The van der Waals surface area contributed by atoms with E-state index in [1.165, 1.54) is 24.1 Å². The molecule has 1 aliphatic heterocycles. The van der Waals surface area contributed by atoms with E-state index in [0.29, 0.717) is 11.8 Å². The number of rotatable bonds is 3. The van der Waals surface area contributed by atoms with Crippen molar-refractivity contribution >= 4 is 5.69 Å². The Morgan fingerprint density at radius 2 is 2.10 bits per heavy atom. The molecule has 20 heavy (non-hydrogen) atoms. The Morgan fingerprint density at radius 1 is 1.30 bits per heavy atom. The summed E-state index contributed by atoms with van der Waals surface area (Å²) in [5.74, 6) is 2.74. The molecule has 1 aromatic carbocycles. The van der Waals surface area contributed by atoms with Crippen molar-refractivity contribution in [3.8, 4) is 0 Å². The first-order valence-electron chi connectivity index (χ1n) is 7.43. The Kier molecular flexibility index (Phi) is 2.59. The molecule has 2 unspecified atom stereocenters. The highest BCUT2D eigenvalue weighted by molar-refractivity contribution is 5.60. The first-order chi connectivity index (χ1) is 9.74. The van der Waals surface area contributed by atoms with Crippen LogP contribution in [0.25, 0.3) is 0 Å². The van der Waals surface area contributed by atoms with Crippen molar-refractivity contribution in [1.82, 2.24) is 10.1 Å². The van der Waals surface area contributed by atoms with E-state index in [-0.39, 0.29) is 6.04 Å². The summed E-state index contributed by atoms with van der Waals surface area (Å²) < 4.78 is 5.49. The minimum absolute atomic E-state index is 0.140. The second-order valence-electron chi connectivity index (χ2n) is 6.05. The zero-order valence-corrected chi connectivity index (χ0v) is 11.9. The maximum atomic E-state index is 5.49. The zero-order valence-electron chi connectivity index (χ0n) is 11.9. The van der Waals surface area contributed by atoms with Crippen LogP contribution in [0.3, 0.4) is 0 Å². The molecule has 1 saturated carbocycles. The summed E-state index contributed by atoms with van der Waals surface area (Å²) in [5.41, 5.74) is 2.72. The van der Waals surface area contributed by atoms with Crippen molar-refractivity contribution in [2.75, 3.05) is 11.4 Å². The zero-order chi connectivity index (χ0) is 13.7. The van der Waals surface area contributed by atoms with Crippen LogP contribution in [0.15, 0.2) is 28.8 Å². The summed E-state index contributed by atoms with van der Waals surface area (Å²) in [6, 6.07) is 8.76. The molecule has 4 nitrogen and oxygen atoms in total. The first-order valence-corrected chi connectivity index (χ1v) is 7.43. The predicted molar refractivity (Wildman–Crippen MR) is 76.9 cm³/mol. The van der Waals surface area contributed by atoms with Gasteiger partial charge in [0.1, 0.15) is 6.04 Å². The molecule has 0 amide bonds. The molecule has 4 rings (SSSR count). The van der Waals surface area contributed by atoms with Crippen molar-refractivity contribution in [2.45, 2.75) is 44.6 Å². The van der Waals surface area contributed by atoms with Crippen LogP contribution in [-0.4, -0.2) is 16.7 Å². The Labute approximate surface area is 118 Å². The standard InChI is InChI=1S/C16H19N3O/c1-10-9-19(14-6-4-3-5-13(10)14)11(2)16-17-15(18-20-16)12-7-8-12/h3-6,10-12H,7-9H2,1-2H3. The summed E-state index contributed by atoms with van der Waals surface area (Å²) in [5, 5.41) is 4.13. The fourth-order valence-electron chi connectivity index (χ4n) is 3.08. The maximum Gasteiger partial charge on any atom is 0.249 e. The van der Waals surface area contributed by atoms with Gasteiger partial charge in [0, 0.05) is 24.1 Å². The van der Waals surface area contributed by atoms with Gasteiger partial charge in [0.15, 0.2) is 5.82 Å². The summed E-state index contributed by atoms with van der Waals surface area (Å²) in [4.78, 5) is 6.97. The lowest BCUT2D eigenvalue weighted by atomic mass is 10.0. The number of hydrogen-bond donors (Lipinski definition) is 0. The number of hydrogen-bond acceptors (Lipinski definition) is 4. The van der Waals surface area contributed by atoms with Gasteiger partial charge >= 0.3 is 0 Å². The fourth-order valence-corrected chi connectivity index (χ4v) is 3.08. The number of para-hydroxylation sites is 1. The monoisotopic (exact) mass is 269 g/mol. The molecule has 0 radical (unpaired) electrons. The first kappa shape index (κ1) is 11.9. The largest absolute Gasteiger partial charge is 0.359 e. The summed E-state index contributed by atoms with van der Waals surface area (Å²) in [6.45, 7) is 5.44. The van der Waals surface area contributed by atoms with Crippen LogP contribution in [0, 0.1) is 0 Å². The van der Waals surface area contributed by atoms with E-state index < -0.39 is 0 Å². The van der Waals surface area contributed by atoms with Crippen LogP contribution < -0.4 is 4.90 Å². The number of aromatic nitrogens is 2. The van der Waals surface area contributed by atoms with Crippen LogP contribution in [0.5, 0.6) is 0 Å². The van der Waals surface area contributed by atoms with Crippen molar-refractivity contribution < 1.29 is 4.52 Å². The average Bonchev–Trinajstić information content (AvgIpc) is 3.11. The highest BCUT2D eigenvalue weighted by atomic mass is 16.5. The molecular formula is C16H19N3O. The maximum absolute atomic E-state index is 5.49. The van der Waals surface area contributed by atoms with Gasteiger partial charge in [-0.3, -0.25) is 0 Å². The van der Waals surface area contributed by atoms with Gasteiger partial charge in [0.25, 0.3) is 0 Å². The second-order valence-corrected chi connectivity index (χ2v) is 6.05. The molecule has 4 heteroatoms. The molecule has 2 aromatic rings. The van der Waals surface area contributed by atoms with E-state index in [2.05, 4.69) is 53.2 Å². The van der Waals surface area contributed by atoms with E-state index >= 15 is 0 Å².